The quantitative estimate of drug-likeness (QED) is 0.225. The summed E-state index contributed by atoms with van der Waals surface area (Å²) in [5, 5.41) is 12.9. The van der Waals surface area contributed by atoms with Crippen molar-refractivity contribution in [3.8, 4) is 5.75 Å². The van der Waals surface area contributed by atoms with Gasteiger partial charge in [-0.05, 0) is 72.9 Å². The van der Waals surface area contributed by atoms with Crippen LogP contribution in [0.25, 0.3) is 10.8 Å². The van der Waals surface area contributed by atoms with Crippen LogP contribution in [0.5, 0.6) is 5.75 Å². The first-order valence-corrected chi connectivity index (χ1v) is 14.1. The van der Waals surface area contributed by atoms with E-state index in [1.807, 2.05) is 36.4 Å². The Hall–Kier alpha value is -4.10. The van der Waals surface area contributed by atoms with E-state index in [9.17, 15) is 24.3 Å². The number of anilines is 1. The molecule has 7 heteroatoms. The van der Waals surface area contributed by atoms with Crippen LogP contribution in [0, 0.1) is 17.8 Å². The number of amides is 2. The predicted octanol–water partition coefficient (Wildman–Crippen LogP) is 5.94. The Bertz CT molecular complexity index is 1780. The van der Waals surface area contributed by atoms with Gasteiger partial charge in [0.05, 0.1) is 17.5 Å². The minimum atomic E-state index is -0.703. The van der Waals surface area contributed by atoms with Crippen molar-refractivity contribution < 1.29 is 24.3 Å². The molecule has 7 rings (SSSR count). The Morgan fingerprint density at radius 2 is 1.65 bits per heavy atom. The standard InChI is InChI=1S/C33H24BrNO5/c1-16-14-26(37)24-15-23-21(11-12-22-27(23)33(40)35(32(22)39)19-9-7-18(34)8-10-19)29(30(24)31(16)38)28-20-5-3-2-4-17(20)6-13-25(28)36/h2-11,13-14,22-23,27,29,36H,12,15H2,1H3. The molecule has 6 nitrogen and oxygen atoms in total. The number of ketones is 2. The number of hydrogen-bond donors (Lipinski definition) is 1. The minimum Gasteiger partial charge on any atom is -0.508 e. The van der Waals surface area contributed by atoms with E-state index in [-0.39, 0.29) is 35.6 Å². The third kappa shape index (κ3) is 3.47. The van der Waals surface area contributed by atoms with Gasteiger partial charge in [0.15, 0.2) is 11.6 Å². The highest BCUT2D eigenvalue weighted by Crippen LogP contribution is 2.57. The maximum atomic E-state index is 14.0. The zero-order chi connectivity index (χ0) is 27.9. The summed E-state index contributed by atoms with van der Waals surface area (Å²) < 4.78 is 0.838. The number of phenolic OH excluding ortho intramolecular Hbond substituents is 1. The molecular formula is C33H24BrNO5. The number of phenols is 1. The Balaban J connectivity index is 1.42. The summed E-state index contributed by atoms with van der Waals surface area (Å²) in [6, 6.07) is 18.1. The van der Waals surface area contributed by atoms with Crippen molar-refractivity contribution in [3.63, 3.8) is 0 Å². The van der Waals surface area contributed by atoms with E-state index in [1.54, 1.807) is 37.3 Å². The summed E-state index contributed by atoms with van der Waals surface area (Å²) in [6.07, 6.45) is 3.89. The summed E-state index contributed by atoms with van der Waals surface area (Å²) in [4.78, 5) is 56.0. The molecule has 3 aromatic rings. The second-order valence-corrected chi connectivity index (χ2v) is 11.9. The van der Waals surface area contributed by atoms with Crippen LogP contribution in [0.2, 0.25) is 0 Å². The van der Waals surface area contributed by atoms with E-state index >= 15 is 0 Å². The van der Waals surface area contributed by atoms with Gasteiger partial charge < -0.3 is 5.11 Å². The molecule has 0 spiro atoms. The average molecular weight is 594 g/mol. The highest BCUT2D eigenvalue weighted by molar-refractivity contribution is 9.10. The zero-order valence-corrected chi connectivity index (χ0v) is 23.1. The summed E-state index contributed by atoms with van der Waals surface area (Å²) in [5.74, 6) is -3.37. The SMILES string of the molecule is CC1=CC(=O)C2=C(C1=O)C(c1c(O)ccc3ccccc13)C1=CCC3C(=O)N(c4ccc(Br)cc4)C(=O)C3C1C2. The molecule has 0 aromatic heterocycles. The lowest BCUT2D eigenvalue weighted by atomic mass is 9.59. The lowest BCUT2D eigenvalue weighted by molar-refractivity contribution is -0.123. The van der Waals surface area contributed by atoms with Gasteiger partial charge in [-0.25, -0.2) is 0 Å². The van der Waals surface area contributed by atoms with Crippen LogP contribution in [0.15, 0.2) is 99.6 Å². The van der Waals surface area contributed by atoms with Crippen molar-refractivity contribution in [2.45, 2.75) is 25.7 Å². The van der Waals surface area contributed by atoms with Gasteiger partial charge in [0.2, 0.25) is 11.8 Å². The number of hydrogen-bond acceptors (Lipinski definition) is 5. The monoisotopic (exact) mass is 593 g/mol. The second kappa shape index (κ2) is 8.96. The first kappa shape index (κ1) is 24.9. The van der Waals surface area contributed by atoms with Crippen molar-refractivity contribution in [1.82, 2.24) is 0 Å². The van der Waals surface area contributed by atoms with Gasteiger partial charge in [-0.15, -0.1) is 0 Å². The molecule has 0 saturated carbocycles. The molecule has 40 heavy (non-hydrogen) atoms. The maximum Gasteiger partial charge on any atom is 0.238 e. The van der Waals surface area contributed by atoms with Crippen molar-refractivity contribution >= 4 is 55.8 Å². The van der Waals surface area contributed by atoms with Crippen molar-refractivity contribution in [3.05, 3.63) is 105 Å². The normalized spacial score (nSPS) is 26.0. The fourth-order valence-corrected chi connectivity index (χ4v) is 7.39. The van der Waals surface area contributed by atoms with Gasteiger partial charge in [-0.3, -0.25) is 24.1 Å². The Morgan fingerprint density at radius 1 is 0.900 bits per heavy atom. The van der Waals surface area contributed by atoms with Crippen molar-refractivity contribution in [2.75, 3.05) is 4.90 Å². The van der Waals surface area contributed by atoms with Gasteiger partial charge in [0.25, 0.3) is 0 Å². The molecule has 1 N–H and O–H groups in total. The first-order chi connectivity index (χ1) is 19.3. The number of aromatic hydroxyl groups is 1. The van der Waals surface area contributed by atoms with Gasteiger partial charge >= 0.3 is 0 Å². The number of carbonyl (C=O) groups is 4. The molecule has 1 fully saturated rings. The summed E-state index contributed by atoms with van der Waals surface area (Å²) in [5.41, 5.74) is 2.99. The van der Waals surface area contributed by atoms with Crippen molar-refractivity contribution in [2.24, 2.45) is 17.8 Å². The molecule has 4 aliphatic rings. The van der Waals surface area contributed by atoms with Crippen LogP contribution < -0.4 is 4.90 Å². The van der Waals surface area contributed by atoms with E-state index < -0.39 is 23.7 Å². The number of nitrogens with zero attached hydrogens (tertiary/aromatic N) is 1. The van der Waals surface area contributed by atoms with E-state index in [4.69, 9.17) is 0 Å². The highest BCUT2D eigenvalue weighted by atomic mass is 79.9. The lowest BCUT2D eigenvalue weighted by Gasteiger charge is -2.42. The van der Waals surface area contributed by atoms with Crippen LogP contribution >= 0.6 is 15.9 Å². The van der Waals surface area contributed by atoms with E-state index in [0.717, 1.165) is 20.8 Å². The van der Waals surface area contributed by atoms with Crippen LogP contribution in [0.1, 0.15) is 31.2 Å². The fourth-order valence-electron chi connectivity index (χ4n) is 7.12. The Labute approximate surface area is 238 Å². The number of allylic oxidation sites excluding steroid dienone is 6. The molecule has 4 unspecified atom stereocenters. The molecule has 0 bridgehead atoms. The molecule has 1 aliphatic heterocycles. The largest absolute Gasteiger partial charge is 0.508 e. The number of rotatable bonds is 2. The zero-order valence-electron chi connectivity index (χ0n) is 21.6. The predicted molar refractivity (Wildman–Crippen MR) is 154 cm³/mol. The fraction of sp³-hybridized carbons (Fsp3) is 0.212. The van der Waals surface area contributed by atoms with E-state index in [1.165, 1.54) is 11.0 Å². The van der Waals surface area contributed by atoms with Crippen LogP contribution in [-0.4, -0.2) is 28.5 Å². The molecule has 3 aliphatic carbocycles. The lowest BCUT2D eigenvalue weighted by Crippen LogP contribution is -2.40. The van der Waals surface area contributed by atoms with E-state index in [2.05, 4.69) is 15.9 Å². The number of halogens is 1. The third-order valence-electron chi connectivity index (χ3n) is 8.89. The topological polar surface area (TPSA) is 91.8 Å². The first-order valence-electron chi connectivity index (χ1n) is 13.3. The number of fused-ring (bicyclic) bond motifs is 4. The van der Waals surface area contributed by atoms with Gasteiger partial charge in [-0.2, -0.15) is 0 Å². The minimum absolute atomic E-state index is 0.0250. The molecule has 2 amide bonds. The number of carbonyl (C=O) groups excluding carboxylic acids is 4. The Morgan fingerprint density at radius 3 is 2.42 bits per heavy atom. The van der Waals surface area contributed by atoms with Crippen LogP contribution in [-0.2, 0) is 19.2 Å². The third-order valence-corrected chi connectivity index (χ3v) is 9.41. The number of imide groups is 1. The summed E-state index contributed by atoms with van der Waals surface area (Å²) in [6.45, 7) is 1.64. The maximum absolute atomic E-state index is 14.0. The molecule has 1 heterocycles. The molecule has 3 aromatic carbocycles. The van der Waals surface area contributed by atoms with Crippen LogP contribution in [0.4, 0.5) is 5.69 Å². The Kier molecular flexibility index (Phi) is 5.58. The number of Topliss-reactive ketones (excluding diaryl/α,β-unsaturated/α-hetero) is 1. The molecular weight excluding hydrogens is 570 g/mol. The number of benzene rings is 3. The van der Waals surface area contributed by atoms with E-state index in [0.29, 0.717) is 34.4 Å². The second-order valence-electron chi connectivity index (χ2n) is 10.9. The van der Waals surface area contributed by atoms with Gasteiger partial charge in [0.1, 0.15) is 5.75 Å². The molecule has 0 radical (unpaired) electrons. The molecule has 1 saturated heterocycles. The average Bonchev–Trinajstić information content (AvgIpc) is 3.21. The summed E-state index contributed by atoms with van der Waals surface area (Å²) >= 11 is 3.40. The smallest absolute Gasteiger partial charge is 0.238 e. The van der Waals surface area contributed by atoms with Crippen molar-refractivity contribution in [1.29, 1.82) is 0 Å². The van der Waals surface area contributed by atoms with Gasteiger partial charge in [0, 0.05) is 32.7 Å². The van der Waals surface area contributed by atoms with Gasteiger partial charge in [-0.1, -0.05) is 57.9 Å². The summed E-state index contributed by atoms with van der Waals surface area (Å²) in [7, 11) is 0. The molecule has 4 atom stereocenters. The highest BCUT2D eigenvalue weighted by Gasteiger charge is 2.57. The molecule has 198 valence electrons. The van der Waals surface area contributed by atoms with Crippen LogP contribution in [0.3, 0.4) is 0 Å².